The third-order valence-electron chi connectivity index (χ3n) is 3.96. The van der Waals surface area contributed by atoms with Crippen molar-refractivity contribution in [1.82, 2.24) is 0 Å². The molecule has 0 amide bonds. The lowest BCUT2D eigenvalue weighted by molar-refractivity contribution is -0.501. The van der Waals surface area contributed by atoms with Crippen molar-refractivity contribution >= 4 is 23.0 Å². The zero-order valence-electron chi connectivity index (χ0n) is 13.1. The Bertz CT molecular complexity index is 772. The van der Waals surface area contributed by atoms with Gasteiger partial charge in [-0.3, -0.25) is 0 Å². The summed E-state index contributed by atoms with van der Waals surface area (Å²) < 4.78 is 11.6. The molecular weight excluding hydrogens is 316 g/mol. The number of benzene rings is 2. The Morgan fingerprint density at radius 3 is 2.30 bits per heavy atom. The van der Waals surface area contributed by atoms with E-state index in [1.54, 1.807) is 39.3 Å². The quantitative estimate of drug-likeness (QED) is 0.686. The maximum Gasteiger partial charge on any atom is 0.263 e. The molecule has 1 atom stereocenters. The number of fused-ring (bicyclic) bond motifs is 1. The summed E-state index contributed by atoms with van der Waals surface area (Å²) in [5.74, 6) is 1.20. The molecule has 0 spiro atoms. The fourth-order valence-corrected chi connectivity index (χ4v) is 2.81. The van der Waals surface area contributed by atoms with Gasteiger partial charge in [0.25, 0.3) is 6.17 Å². The zero-order chi connectivity index (χ0) is 16.6. The van der Waals surface area contributed by atoms with E-state index in [0.717, 1.165) is 21.6 Å². The summed E-state index contributed by atoms with van der Waals surface area (Å²) in [5, 5.41) is 16.5. The summed E-state index contributed by atoms with van der Waals surface area (Å²) in [6.45, 7) is 1.79. The number of ether oxygens (including phenoxy) is 2. The SMILES string of the molecule is COc1cc2c(cc1OC)C(C)=[N+]([O-])C(c1ccc(Cl)cc1)N2. The molecular formula is C17H17ClN2O3. The van der Waals surface area contributed by atoms with Crippen LogP contribution in [0.2, 0.25) is 5.02 Å². The zero-order valence-corrected chi connectivity index (χ0v) is 13.8. The lowest BCUT2D eigenvalue weighted by Crippen LogP contribution is -2.31. The van der Waals surface area contributed by atoms with E-state index < -0.39 is 6.17 Å². The highest BCUT2D eigenvalue weighted by atomic mass is 35.5. The van der Waals surface area contributed by atoms with Gasteiger partial charge in [-0.1, -0.05) is 11.6 Å². The molecule has 1 aliphatic rings. The van der Waals surface area contributed by atoms with Gasteiger partial charge in [0.05, 0.1) is 25.5 Å². The topological polar surface area (TPSA) is 56.6 Å². The van der Waals surface area contributed by atoms with E-state index in [2.05, 4.69) is 5.32 Å². The van der Waals surface area contributed by atoms with Gasteiger partial charge in [-0.15, -0.1) is 0 Å². The Hall–Kier alpha value is -2.40. The van der Waals surface area contributed by atoms with Crippen LogP contribution in [0.1, 0.15) is 24.2 Å². The standard InChI is InChI=1S/C17H17ClN2O3/c1-10-13-8-15(22-2)16(23-3)9-14(13)19-17(20(10)21)11-4-6-12(18)7-5-11/h4-9,17,19H,1-3H3. The Balaban J connectivity index is 2.09. The smallest absolute Gasteiger partial charge is 0.263 e. The summed E-state index contributed by atoms with van der Waals surface area (Å²) in [7, 11) is 3.15. The predicted molar refractivity (Wildman–Crippen MR) is 90.8 cm³/mol. The average Bonchev–Trinajstić information content (AvgIpc) is 2.58. The minimum atomic E-state index is -0.516. The fourth-order valence-electron chi connectivity index (χ4n) is 2.68. The molecule has 0 bridgehead atoms. The van der Waals surface area contributed by atoms with Gasteiger partial charge in [0.15, 0.2) is 17.2 Å². The molecule has 0 saturated heterocycles. The lowest BCUT2D eigenvalue weighted by atomic mass is 10.0. The highest BCUT2D eigenvalue weighted by Gasteiger charge is 2.30. The first-order valence-electron chi connectivity index (χ1n) is 7.13. The summed E-state index contributed by atoms with van der Waals surface area (Å²) in [4.78, 5) is 0. The van der Waals surface area contributed by atoms with E-state index in [0.29, 0.717) is 22.2 Å². The summed E-state index contributed by atoms with van der Waals surface area (Å²) in [6.07, 6.45) is -0.516. The van der Waals surface area contributed by atoms with Crippen molar-refractivity contribution in [3.8, 4) is 11.5 Å². The van der Waals surface area contributed by atoms with Crippen LogP contribution in [-0.4, -0.2) is 24.7 Å². The molecule has 0 aliphatic carbocycles. The van der Waals surface area contributed by atoms with Crippen LogP contribution in [0.25, 0.3) is 0 Å². The van der Waals surface area contributed by atoms with Gasteiger partial charge in [-0.2, -0.15) is 4.74 Å². The average molecular weight is 333 g/mol. The van der Waals surface area contributed by atoms with Gasteiger partial charge in [-0.05, 0) is 30.3 Å². The number of methoxy groups -OCH3 is 2. The molecule has 2 aromatic carbocycles. The minimum absolute atomic E-state index is 0.516. The maximum atomic E-state index is 12.6. The van der Waals surface area contributed by atoms with Crippen molar-refractivity contribution in [2.24, 2.45) is 0 Å². The molecule has 1 unspecified atom stereocenters. The summed E-state index contributed by atoms with van der Waals surface area (Å²) in [6, 6.07) is 10.9. The van der Waals surface area contributed by atoms with Gasteiger partial charge in [0.2, 0.25) is 0 Å². The van der Waals surface area contributed by atoms with Crippen LogP contribution in [0, 0.1) is 5.21 Å². The van der Waals surface area contributed by atoms with E-state index in [1.165, 1.54) is 0 Å². The van der Waals surface area contributed by atoms with Crippen LogP contribution in [0.3, 0.4) is 0 Å². The fraction of sp³-hybridized carbons (Fsp3) is 0.235. The molecule has 1 N–H and O–H groups in total. The molecule has 0 aromatic heterocycles. The first kappa shape index (κ1) is 15.5. The van der Waals surface area contributed by atoms with Gasteiger partial charge >= 0.3 is 0 Å². The van der Waals surface area contributed by atoms with Crippen molar-refractivity contribution < 1.29 is 14.2 Å². The van der Waals surface area contributed by atoms with Gasteiger partial charge in [-0.25, -0.2) is 0 Å². The van der Waals surface area contributed by atoms with E-state index >= 15 is 0 Å². The predicted octanol–water partition coefficient (Wildman–Crippen LogP) is 3.80. The Kier molecular flexibility index (Phi) is 4.05. The third kappa shape index (κ3) is 2.68. The first-order valence-corrected chi connectivity index (χ1v) is 7.51. The monoisotopic (exact) mass is 332 g/mol. The van der Waals surface area contributed by atoms with E-state index in [9.17, 15) is 5.21 Å². The Labute approximate surface area is 139 Å². The Morgan fingerprint density at radius 2 is 1.70 bits per heavy atom. The highest BCUT2D eigenvalue weighted by molar-refractivity contribution is 6.30. The number of nitrogens with one attached hydrogen (secondary N) is 1. The molecule has 0 fully saturated rings. The molecule has 23 heavy (non-hydrogen) atoms. The van der Waals surface area contributed by atoms with Crippen LogP contribution in [0.5, 0.6) is 11.5 Å². The van der Waals surface area contributed by atoms with Crippen molar-refractivity contribution in [2.45, 2.75) is 13.1 Å². The molecule has 2 aromatic rings. The molecule has 0 radical (unpaired) electrons. The number of halogens is 1. The largest absolute Gasteiger partial charge is 0.622 e. The maximum absolute atomic E-state index is 12.6. The number of hydrogen-bond donors (Lipinski definition) is 1. The second-order valence-corrected chi connectivity index (χ2v) is 5.70. The molecule has 5 nitrogen and oxygen atoms in total. The summed E-state index contributed by atoms with van der Waals surface area (Å²) >= 11 is 5.92. The molecule has 6 heteroatoms. The van der Waals surface area contributed by atoms with Crippen molar-refractivity contribution in [2.75, 3.05) is 19.5 Å². The summed E-state index contributed by atoms with van der Waals surface area (Å²) in [5.41, 5.74) is 3.07. The van der Waals surface area contributed by atoms with Crippen LogP contribution >= 0.6 is 11.6 Å². The Morgan fingerprint density at radius 1 is 1.09 bits per heavy atom. The second-order valence-electron chi connectivity index (χ2n) is 5.26. The van der Waals surface area contributed by atoms with Crippen LogP contribution < -0.4 is 14.8 Å². The van der Waals surface area contributed by atoms with Crippen molar-refractivity contribution in [3.05, 3.63) is 57.8 Å². The molecule has 120 valence electrons. The number of nitrogens with zero attached hydrogens (tertiary/aromatic N) is 1. The van der Waals surface area contributed by atoms with Crippen molar-refractivity contribution in [3.63, 3.8) is 0 Å². The van der Waals surface area contributed by atoms with Crippen molar-refractivity contribution in [1.29, 1.82) is 0 Å². The van der Waals surface area contributed by atoms with Gasteiger partial charge in [0.1, 0.15) is 0 Å². The number of hydrogen-bond acceptors (Lipinski definition) is 4. The number of rotatable bonds is 3. The lowest BCUT2D eigenvalue weighted by Gasteiger charge is -2.28. The molecule has 0 saturated carbocycles. The van der Waals surface area contributed by atoms with E-state index in [-0.39, 0.29) is 0 Å². The van der Waals surface area contributed by atoms with E-state index in [4.69, 9.17) is 21.1 Å². The van der Waals surface area contributed by atoms with Gasteiger partial charge in [0, 0.05) is 23.6 Å². The van der Waals surface area contributed by atoms with E-state index in [1.807, 2.05) is 18.2 Å². The minimum Gasteiger partial charge on any atom is -0.622 e. The van der Waals surface area contributed by atoms with Gasteiger partial charge < -0.3 is 20.0 Å². The first-order chi connectivity index (χ1) is 11.0. The van der Waals surface area contributed by atoms with Crippen LogP contribution in [0.4, 0.5) is 5.69 Å². The highest BCUT2D eigenvalue weighted by Crippen LogP contribution is 2.37. The number of hydroxylamine groups is 1. The van der Waals surface area contributed by atoms with Crippen LogP contribution in [-0.2, 0) is 0 Å². The normalized spacial score (nSPS) is 16.6. The number of anilines is 1. The molecule has 3 rings (SSSR count). The third-order valence-corrected chi connectivity index (χ3v) is 4.21. The van der Waals surface area contributed by atoms with Crippen LogP contribution in [0.15, 0.2) is 36.4 Å². The molecule has 1 aliphatic heterocycles. The second kappa shape index (κ2) is 6.01. The molecule has 1 heterocycles.